The number of nitrogens with zero attached hydrogens (tertiary/aromatic N) is 4. The largest absolute Gasteiger partial charge is 0.355 e. The number of hydrogen-bond acceptors (Lipinski definition) is 5. The van der Waals surface area contributed by atoms with Gasteiger partial charge in [-0.3, -0.25) is 5.10 Å². The number of hydrogen-bond donors (Lipinski definition) is 1. The summed E-state index contributed by atoms with van der Waals surface area (Å²) in [4.78, 5) is 10.6. The predicted octanol–water partition coefficient (Wildman–Crippen LogP) is 2.58. The number of fused-ring (bicyclic) bond motifs is 1. The highest BCUT2D eigenvalue weighted by atomic mass is 35.5. The minimum absolute atomic E-state index is 0.243. The van der Waals surface area contributed by atoms with Gasteiger partial charge in [-0.1, -0.05) is 6.92 Å². The van der Waals surface area contributed by atoms with Gasteiger partial charge >= 0.3 is 0 Å². The average Bonchev–Trinajstić information content (AvgIpc) is 2.82. The van der Waals surface area contributed by atoms with E-state index in [9.17, 15) is 0 Å². The third kappa shape index (κ3) is 2.54. The van der Waals surface area contributed by atoms with E-state index in [0.717, 1.165) is 23.4 Å². The summed E-state index contributed by atoms with van der Waals surface area (Å²) in [6.45, 7) is 2.17. The molecule has 1 N–H and O–H groups in total. The van der Waals surface area contributed by atoms with Gasteiger partial charge in [-0.05, 0) is 24.3 Å². The van der Waals surface area contributed by atoms with Crippen LogP contribution in [0.25, 0.3) is 11.0 Å². The van der Waals surface area contributed by atoms with Crippen LogP contribution in [-0.2, 0) is 0 Å². The van der Waals surface area contributed by atoms with Crippen LogP contribution in [0.5, 0.6) is 0 Å². The van der Waals surface area contributed by atoms with Crippen molar-refractivity contribution >= 4 is 40.2 Å². The van der Waals surface area contributed by atoms with E-state index in [-0.39, 0.29) is 5.28 Å². The molecule has 18 heavy (non-hydrogen) atoms. The predicted molar refractivity (Wildman–Crippen MR) is 77.6 cm³/mol. The van der Waals surface area contributed by atoms with Crippen molar-refractivity contribution in [3.05, 3.63) is 11.5 Å². The number of halogens is 1. The highest BCUT2D eigenvalue weighted by molar-refractivity contribution is 7.98. The molecule has 1 atom stereocenters. The molecule has 0 radical (unpaired) electrons. The van der Waals surface area contributed by atoms with Crippen LogP contribution in [0, 0.1) is 0 Å². The Hall–Kier alpha value is -1.01. The van der Waals surface area contributed by atoms with Gasteiger partial charge in [-0.15, -0.1) is 0 Å². The van der Waals surface area contributed by atoms with Gasteiger partial charge in [-0.2, -0.15) is 26.8 Å². The first-order valence-electron chi connectivity index (χ1n) is 5.75. The summed E-state index contributed by atoms with van der Waals surface area (Å²) >= 11 is 7.78. The molecule has 0 aliphatic carbocycles. The van der Waals surface area contributed by atoms with Crippen LogP contribution in [0.2, 0.25) is 5.28 Å². The fourth-order valence-electron chi connectivity index (χ4n) is 1.93. The molecule has 0 bridgehead atoms. The van der Waals surface area contributed by atoms with E-state index in [1.165, 1.54) is 0 Å². The molecule has 0 amide bonds. The molecule has 2 aromatic rings. The van der Waals surface area contributed by atoms with E-state index < -0.39 is 0 Å². The van der Waals surface area contributed by atoms with Gasteiger partial charge in [0.2, 0.25) is 5.28 Å². The lowest BCUT2D eigenvalue weighted by Gasteiger charge is -2.28. The molecule has 7 heteroatoms. The third-order valence-electron chi connectivity index (χ3n) is 2.97. The molecule has 0 spiro atoms. The Kier molecular flexibility index (Phi) is 4.29. The van der Waals surface area contributed by atoms with Crippen molar-refractivity contribution in [3.8, 4) is 0 Å². The Labute approximate surface area is 115 Å². The number of thioether (sulfide) groups is 1. The second-order valence-electron chi connectivity index (χ2n) is 4.08. The Bertz CT molecular complexity index is 529. The maximum absolute atomic E-state index is 5.95. The summed E-state index contributed by atoms with van der Waals surface area (Å²) in [6.07, 6.45) is 4.90. The van der Waals surface area contributed by atoms with Crippen LogP contribution in [0.3, 0.4) is 0 Å². The highest BCUT2D eigenvalue weighted by Gasteiger charge is 2.18. The van der Waals surface area contributed by atoms with Gasteiger partial charge in [0.1, 0.15) is 5.82 Å². The van der Waals surface area contributed by atoms with Crippen molar-refractivity contribution in [2.45, 2.75) is 19.4 Å². The van der Waals surface area contributed by atoms with Crippen molar-refractivity contribution in [2.75, 3.05) is 24.0 Å². The molecule has 2 heterocycles. The van der Waals surface area contributed by atoms with E-state index in [1.54, 1.807) is 6.20 Å². The molecule has 0 fully saturated rings. The molecule has 0 saturated carbocycles. The summed E-state index contributed by atoms with van der Waals surface area (Å²) in [5, 5.41) is 7.97. The molecule has 0 aliphatic heterocycles. The minimum atomic E-state index is 0.243. The quantitative estimate of drug-likeness (QED) is 0.856. The number of rotatable bonds is 5. The first kappa shape index (κ1) is 13.4. The fraction of sp³-hybridized carbons (Fsp3) is 0.545. The van der Waals surface area contributed by atoms with Crippen LogP contribution in [0.15, 0.2) is 6.20 Å². The molecular formula is C11H16ClN5S. The summed E-state index contributed by atoms with van der Waals surface area (Å²) in [7, 11) is 2.04. The van der Waals surface area contributed by atoms with Crippen LogP contribution in [0.4, 0.5) is 5.82 Å². The van der Waals surface area contributed by atoms with E-state index in [0.29, 0.717) is 11.7 Å². The van der Waals surface area contributed by atoms with E-state index >= 15 is 0 Å². The first-order chi connectivity index (χ1) is 8.67. The summed E-state index contributed by atoms with van der Waals surface area (Å²) in [5.41, 5.74) is 0.677. The lowest BCUT2D eigenvalue weighted by atomic mass is 10.2. The maximum Gasteiger partial charge on any atom is 0.226 e. The smallest absolute Gasteiger partial charge is 0.226 e. The normalized spacial score (nSPS) is 12.9. The minimum Gasteiger partial charge on any atom is -0.355 e. The van der Waals surface area contributed by atoms with Crippen molar-refractivity contribution in [2.24, 2.45) is 0 Å². The maximum atomic E-state index is 5.95. The highest BCUT2D eigenvalue weighted by Crippen LogP contribution is 2.25. The molecular weight excluding hydrogens is 270 g/mol. The monoisotopic (exact) mass is 285 g/mol. The topological polar surface area (TPSA) is 57.7 Å². The van der Waals surface area contributed by atoms with Crippen LogP contribution in [0.1, 0.15) is 13.3 Å². The third-order valence-corrected chi connectivity index (χ3v) is 3.86. The van der Waals surface area contributed by atoms with Crippen molar-refractivity contribution < 1.29 is 0 Å². The first-order valence-corrected chi connectivity index (χ1v) is 7.53. The zero-order valence-electron chi connectivity index (χ0n) is 10.6. The van der Waals surface area contributed by atoms with Gasteiger partial charge < -0.3 is 4.90 Å². The molecule has 1 unspecified atom stereocenters. The Balaban J connectivity index is 2.42. The average molecular weight is 286 g/mol. The van der Waals surface area contributed by atoms with E-state index in [1.807, 2.05) is 18.8 Å². The SMILES string of the molecule is CCC(CSC)N(C)c1nc(Cl)nc2[nH]ncc12. The van der Waals surface area contributed by atoms with Crippen molar-refractivity contribution in [1.82, 2.24) is 20.2 Å². The molecule has 0 aromatic carbocycles. The lowest BCUT2D eigenvalue weighted by molar-refractivity contribution is 0.667. The summed E-state index contributed by atoms with van der Waals surface area (Å²) in [6, 6.07) is 0.420. The van der Waals surface area contributed by atoms with Gasteiger partial charge in [-0.25, -0.2) is 0 Å². The number of H-pyrrole nitrogens is 1. The van der Waals surface area contributed by atoms with Crippen LogP contribution < -0.4 is 4.90 Å². The standard InChI is InChI=1S/C11H16ClN5S/c1-4-7(6-18-3)17(2)10-8-5-13-16-9(8)14-11(12)15-10/h5,7H,4,6H2,1-3H3,(H,13,14,15,16). The number of aromatic nitrogens is 4. The van der Waals surface area contributed by atoms with Gasteiger partial charge in [0.15, 0.2) is 5.65 Å². The Morgan fingerprint density at radius 1 is 1.50 bits per heavy atom. The molecule has 0 saturated heterocycles. The number of nitrogens with one attached hydrogen (secondary N) is 1. The molecule has 5 nitrogen and oxygen atoms in total. The van der Waals surface area contributed by atoms with Gasteiger partial charge in [0, 0.05) is 18.8 Å². The summed E-state index contributed by atoms with van der Waals surface area (Å²) in [5.74, 6) is 1.88. The molecule has 0 aliphatic rings. The zero-order chi connectivity index (χ0) is 13.1. The van der Waals surface area contributed by atoms with Gasteiger partial charge in [0.05, 0.1) is 11.6 Å². The number of anilines is 1. The fourth-order valence-corrected chi connectivity index (χ4v) is 2.94. The van der Waals surface area contributed by atoms with Crippen LogP contribution >= 0.6 is 23.4 Å². The Morgan fingerprint density at radius 2 is 2.28 bits per heavy atom. The van der Waals surface area contributed by atoms with Crippen molar-refractivity contribution in [1.29, 1.82) is 0 Å². The van der Waals surface area contributed by atoms with E-state index in [4.69, 9.17) is 11.6 Å². The zero-order valence-corrected chi connectivity index (χ0v) is 12.2. The number of aromatic amines is 1. The summed E-state index contributed by atoms with van der Waals surface area (Å²) < 4.78 is 0. The van der Waals surface area contributed by atoms with Crippen LogP contribution in [-0.4, -0.2) is 45.3 Å². The Morgan fingerprint density at radius 3 is 2.94 bits per heavy atom. The molecule has 2 aromatic heterocycles. The van der Waals surface area contributed by atoms with E-state index in [2.05, 4.69) is 38.2 Å². The molecule has 2 rings (SSSR count). The second kappa shape index (κ2) is 5.75. The van der Waals surface area contributed by atoms with Gasteiger partial charge in [0.25, 0.3) is 0 Å². The lowest BCUT2D eigenvalue weighted by Crippen LogP contribution is -2.34. The molecule has 98 valence electrons. The van der Waals surface area contributed by atoms with Crippen molar-refractivity contribution in [3.63, 3.8) is 0 Å². The second-order valence-corrected chi connectivity index (χ2v) is 5.33.